The molecule has 4 heteroatoms. The lowest BCUT2D eigenvalue weighted by Crippen LogP contribution is -2.15. The molecule has 0 saturated carbocycles. The van der Waals surface area contributed by atoms with Crippen molar-refractivity contribution < 1.29 is 4.74 Å². The highest BCUT2D eigenvalue weighted by Crippen LogP contribution is 2.40. The molecule has 0 spiro atoms. The second-order valence-corrected chi connectivity index (χ2v) is 7.96. The van der Waals surface area contributed by atoms with Crippen LogP contribution < -0.4 is 10.1 Å². The van der Waals surface area contributed by atoms with Gasteiger partial charge in [-0.3, -0.25) is 0 Å². The molecular weight excluding hydrogens is 334 g/mol. The molecule has 1 N–H and O–H groups in total. The Morgan fingerprint density at radius 2 is 2.20 bits per heavy atom. The molecule has 0 fully saturated rings. The van der Waals surface area contributed by atoms with Crippen LogP contribution >= 0.6 is 27.3 Å². The summed E-state index contributed by atoms with van der Waals surface area (Å²) in [5, 5.41) is 3.71. The number of thiophene rings is 1. The Hall–Kier alpha value is -1.00. The van der Waals surface area contributed by atoms with Gasteiger partial charge >= 0.3 is 0 Å². The third-order valence-electron chi connectivity index (χ3n) is 4.11. The van der Waals surface area contributed by atoms with E-state index in [0.29, 0.717) is 6.04 Å². The number of hydrogen-bond donors (Lipinski definition) is 1. The van der Waals surface area contributed by atoms with Gasteiger partial charge < -0.3 is 10.1 Å². The number of aryl methyl sites for hydroxylation is 1. The highest BCUT2D eigenvalue weighted by molar-refractivity contribution is 9.11. The second-order valence-electron chi connectivity index (χ2n) is 5.44. The molecule has 1 aromatic heterocycles. The minimum absolute atomic E-state index is 0.446. The topological polar surface area (TPSA) is 21.3 Å². The van der Waals surface area contributed by atoms with Crippen molar-refractivity contribution in [3.8, 4) is 5.75 Å². The predicted molar refractivity (Wildman–Crippen MR) is 87.0 cm³/mol. The smallest absolute Gasteiger partial charge is 0.122 e. The number of benzene rings is 1. The summed E-state index contributed by atoms with van der Waals surface area (Å²) >= 11 is 5.50. The zero-order valence-electron chi connectivity index (χ0n) is 11.1. The lowest BCUT2D eigenvalue weighted by atomic mass is 9.94. The monoisotopic (exact) mass is 349 g/mol. The van der Waals surface area contributed by atoms with Crippen molar-refractivity contribution in [1.82, 2.24) is 0 Å². The van der Waals surface area contributed by atoms with E-state index in [1.165, 1.54) is 44.7 Å². The quantitative estimate of drug-likeness (QED) is 0.829. The first kappa shape index (κ1) is 12.7. The third kappa shape index (κ3) is 2.25. The maximum absolute atomic E-state index is 5.57. The largest absolute Gasteiger partial charge is 0.493 e. The highest BCUT2D eigenvalue weighted by Gasteiger charge is 2.23. The first-order valence-corrected chi connectivity index (χ1v) is 8.71. The van der Waals surface area contributed by atoms with E-state index in [9.17, 15) is 0 Å². The van der Waals surface area contributed by atoms with Crippen molar-refractivity contribution in [3.63, 3.8) is 0 Å². The maximum atomic E-state index is 5.57. The molecule has 2 nitrogen and oxygen atoms in total. The van der Waals surface area contributed by atoms with Crippen LogP contribution in [0.15, 0.2) is 28.1 Å². The Morgan fingerprint density at radius 1 is 1.25 bits per heavy atom. The Bertz CT molecular complexity index is 652. The Labute approximate surface area is 131 Å². The molecular formula is C16H16BrNOS. The van der Waals surface area contributed by atoms with Crippen molar-refractivity contribution >= 4 is 33.0 Å². The number of fused-ring (bicyclic) bond motifs is 2. The van der Waals surface area contributed by atoms with Crippen LogP contribution in [0.25, 0.3) is 0 Å². The minimum atomic E-state index is 0.446. The number of rotatable bonds is 2. The molecule has 0 radical (unpaired) electrons. The van der Waals surface area contributed by atoms with Gasteiger partial charge in [-0.25, -0.2) is 0 Å². The Morgan fingerprint density at radius 3 is 3.15 bits per heavy atom. The van der Waals surface area contributed by atoms with E-state index in [4.69, 9.17) is 4.74 Å². The summed E-state index contributed by atoms with van der Waals surface area (Å²) in [4.78, 5) is 1.53. The number of nitrogens with one attached hydrogen (secondary N) is 1. The van der Waals surface area contributed by atoms with Crippen LogP contribution in [0.5, 0.6) is 5.75 Å². The van der Waals surface area contributed by atoms with Crippen LogP contribution in [0.1, 0.15) is 34.9 Å². The average Bonchev–Trinajstić information content (AvgIpc) is 3.04. The molecule has 20 heavy (non-hydrogen) atoms. The van der Waals surface area contributed by atoms with E-state index in [1.807, 2.05) is 11.3 Å². The first-order chi connectivity index (χ1) is 9.79. The molecule has 0 bridgehead atoms. The molecule has 2 aromatic rings. The van der Waals surface area contributed by atoms with E-state index < -0.39 is 0 Å². The second kappa shape index (κ2) is 5.08. The molecule has 2 heterocycles. The van der Waals surface area contributed by atoms with Crippen LogP contribution in [0.4, 0.5) is 5.69 Å². The summed E-state index contributed by atoms with van der Waals surface area (Å²) < 4.78 is 6.82. The number of hydrogen-bond acceptors (Lipinski definition) is 3. The van der Waals surface area contributed by atoms with E-state index in [1.54, 1.807) is 0 Å². The number of anilines is 1. The molecule has 2 aliphatic rings. The zero-order valence-corrected chi connectivity index (χ0v) is 13.5. The van der Waals surface area contributed by atoms with E-state index >= 15 is 0 Å². The van der Waals surface area contributed by atoms with Gasteiger partial charge in [-0.1, -0.05) is 0 Å². The van der Waals surface area contributed by atoms with Crippen LogP contribution in [0.3, 0.4) is 0 Å². The molecule has 4 rings (SSSR count). The van der Waals surface area contributed by atoms with Gasteiger partial charge in [-0.15, -0.1) is 11.3 Å². The molecule has 1 aromatic carbocycles. The Kier molecular flexibility index (Phi) is 3.23. The SMILES string of the molecule is Brc1cc2c(s1)CCCC2Nc1ccc2c(c1)CCO2. The molecule has 1 aliphatic heterocycles. The number of halogens is 1. The van der Waals surface area contributed by atoms with E-state index in [2.05, 4.69) is 45.5 Å². The summed E-state index contributed by atoms with van der Waals surface area (Å²) in [6.45, 7) is 0.823. The molecule has 0 amide bonds. The van der Waals surface area contributed by atoms with Crippen molar-refractivity contribution in [2.45, 2.75) is 31.7 Å². The molecule has 104 valence electrons. The predicted octanol–water partition coefficient (Wildman–Crippen LogP) is 4.94. The van der Waals surface area contributed by atoms with E-state index in [0.717, 1.165) is 18.8 Å². The van der Waals surface area contributed by atoms with Crippen LogP contribution in [0, 0.1) is 0 Å². The fourth-order valence-electron chi connectivity index (χ4n) is 3.15. The standard InChI is InChI=1S/C16H16BrNOS/c17-16-9-12-13(2-1-3-15(12)20-16)18-11-4-5-14-10(8-11)6-7-19-14/h4-5,8-9,13,18H,1-3,6-7H2. The molecule has 0 saturated heterocycles. The van der Waals surface area contributed by atoms with Gasteiger partial charge in [0, 0.05) is 17.0 Å². The normalized spacial score (nSPS) is 20.1. The summed E-state index contributed by atoms with van der Waals surface area (Å²) in [5.41, 5.74) is 4.02. The van der Waals surface area contributed by atoms with Crippen LogP contribution in [-0.2, 0) is 12.8 Å². The van der Waals surface area contributed by atoms with Gasteiger partial charge in [-0.2, -0.15) is 0 Å². The van der Waals surface area contributed by atoms with Crippen molar-refractivity contribution in [3.05, 3.63) is 44.1 Å². The molecule has 1 atom stereocenters. The summed E-state index contributed by atoms with van der Waals surface area (Å²) in [5.74, 6) is 1.05. The number of ether oxygens (including phenoxy) is 1. The third-order valence-corrected chi connectivity index (χ3v) is 5.83. The molecule has 1 aliphatic carbocycles. The van der Waals surface area contributed by atoms with Crippen LogP contribution in [0.2, 0.25) is 0 Å². The van der Waals surface area contributed by atoms with E-state index in [-0.39, 0.29) is 0 Å². The fraction of sp³-hybridized carbons (Fsp3) is 0.375. The highest BCUT2D eigenvalue weighted by atomic mass is 79.9. The maximum Gasteiger partial charge on any atom is 0.122 e. The average molecular weight is 350 g/mol. The van der Waals surface area contributed by atoms with Gasteiger partial charge in [0.2, 0.25) is 0 Å². The lowest BCUT2D eigenvalue weighted by molar-refractivity contribution is 0.357. The van der Waals surface area contributed by atoms with Crippen LogP contribution in [-0.4, -0.2) is 6.61 Å². The Balaban J connectivity index is 1.60. The first-order valence-electron chi connectivity index (χ1n) is 7.10. The minimum Gasteiger partial charge on any atom is -0.493 e. The van der Waals surface area contributed by atoms with Gasteiger partial charge in [0.15, 0.2) is 0 Å². The summed E-state index contributed by atoms with van der Waals surface area (Å²) in [6.07, 6.45) is 4.74. The van der Waals surface area contributed by atoms with Crippen molar-refractivity contribution in [1.29, 1.82) is 0 Å². The van der Waals surface area contributed by atoms with Gasteiger partial charge in [0.25, 0.3) is 0 Å². The molecule has 1 unspecified atom stereocenters. The zero-order chi connectivity index (χ0) is 13.5. The fourth-order valence-corrected chi connectivity index (χ4v) is 4.97. The summed E-state index contributed by atoms with van der Waals surface area (Å²) in [7, 11) is 0. The van der Waals surface area contributed by atoms with Gasteiger partial charge in [0.1, 0.15) is 5.75 Å². The van der Waals surface area contributed by atoms with Crippen molar-refractivity contribution in [2.75, 3.05) is 11.9 Å². The van der Waals surface area contributed by atoms with Gasteiger partial charge in [-0.05, 0) is 70.6 Å². The summed E-state index contributed by atoms with van der Waals surface area (Å²) in [6, 6.07) is 9.21. The van der Waals surface area contributed by atoms with Gasteiger partial charge in [0.05, 0.1) is 16.4 Å². The lowest BCUT2D eigenvalue weighted by Gasteiger charge is -2.24. The van der Waals surface area contributed by atoms with Crippen molar-refractivity contribution in [2.24, 2.45) is 0 Å².